The Morgan fingerprint density at radius 1 is 1.53 bits per heavy atom. The first-order chi connectivity index (χ1) is 7.78. The van der Waals surface area contributed by atoms with Crippen LogP contribution in [0.4, 0.5) is 4.79 Å². The van der Waals surface area contributed by atoms with Gasteiger partial charge in [0.1, 0.15) is 5.60 Å². The molecular weight excluding hydrogens is 236 g/mol. The molecule has 96 valence electrons. The maximum absolute atomic E-state index is 11.4. The van der Waals surface area contributed by atoms with Crippen LogP contribution in [0.15, 0.2) is 6.20 Å². The van der Waals surface area contributed by atoms with Crippen molar-refractivity contribution in [2.24, 2.45) is 0 Å². The largest absolute Gasteiger partial charge is 0.444 e. The summed E-state index contributed by atoms with van der Waals surface area (Å²) in [6, 6.07) is 0. The van der Waals surface area contributed by atoms with Gasteiger partial charge >= 0.3 is 6.09 Å². The first-order valence-corrected chi connectivity index (χ1v) is 6.51. The van der Waals surface area contributed by atoms with Crippen molar-refractivity contribution in [1.82, 2.24) is 10.3 Å². The van der Waals surface area contributed by atoms with E-state index in [0.29, 0.717) is 12.5 Å². The fourth-order valence-electron chi connectivity index (χ4n) is 1.14. The van der Waals surface area contributed by atoms with Crippen molar-refractivity contribution in [3.05, 3.63) is 16.1 Å². The Balaban J connectivity index is 2.42. The van der Waals surface area contributed by atoms with Crippen molar-refractivity contribution in [3.8, 4) is 0 Å². The predicted molar refractivity (Wildman–Crippen MR) is 69.3 cm³/mol. The van der Waals surface area contributed by atoms with Crippen LogP contribution in [0.25, 0.3) is 0 Å². The normalized spacial score (nSPS) is 11.6. The zero-order valence-corrected chi connectivity index (χ0v) is 11.9. The van der Waals surface area contributed by atoms with Gasteiger partial charge in [-0.15, -0.1) is 11.3 Å². The summed E-state index contributed by atoms with van der Waals surface area (Å²) in [5.41, 5.74) is -0.457. The Morgan fingerprint density at radius 2 is 2.18 bits per heavy atom. The second kappa shape index (κ2) is 5.49. The van der Waals surface area contributed by atoms with Crippen molar-refractivity contribution in [2.75, 3.05) is 0 Å². The van der Waals surface area contributed by atoms with Gasteiger partial charge in [0.25, 0.3) is 0 Å². The van der Waals surface area contributed by atoms with Crippen LogP contribution in [0.5, 0.6) is 0 Å². The van der Waals surface area contributed by atoms with Crippen molar-refractivity contribution < 1.29 is 9.53 Å². The molecule has 0 atom stereocenters. The Hall–Kier alpha value is -1.10. The summed E-state index contributed by atoms with van der Waals surface area (Å²) in [5.74, 6) is 0.426. The molecular formula is C12H20N2O2S. The van der Waals surface area contributed by atoms with Crippen LogP contribution in [0.3, 0.4) is 0 Å². The molecule has 1 amide bonds. The van der Waals surface area contributed by atoms with E-state index in [1.165, 1.54) is 0 Å². The van der Waals surface area contributed by atoms with Gasteiger partial charge in [-0.3, -0.25) is 0 Å². The van der Waals surface area contributed by atoms with Gasteiger partial charge in [-0.1, -0.05) is 13.8 Å². The van der Waals surface area contributed by atoms with E-state index >= 15 is 0 Å². The molecule has 0 saturated heterocycles. The number of alkyl carbamates (subject to hydrolysis) is 1. The second-order valence-corrected chi connectivity index (χ2v) is 6.32. The highest BCUT2D eigenvalue weighted by Gasteiger charge is 2.16. The fourth-order valence-corrected chi connectivity index (χ4v) is 2.00. The maximum Gasteiger partial charge on any atom is 0.407 e. The lowest BCUT2D eigenvalue weighted by atomic mass is 10.2. The summed E-state index contributed by atoms with van der Waals surface area (Å²) in [5, 5.41) is 3.81. The summed E-state index contributed by atoms with van der Waals surface area (Å²) in [4.78, 5) is 16.8. The number of nitrogens with zero attached hydrogens (tertiary/aromatic N) is 1. The quantitative estimate of drug-likeness (QED) is 0.902. The number of rotatable bonds is 3. The summed E-state index contributed by atoms with van der Waals surface area (Å²) in [6.45, 7) is 10.2. The number of hydrogen-bond acceptors (Lipinski definition) is 4. The fraction of sp³-hybridized carbons (Fsp3) is 0.667. The third-order valence-corrected chi connectivity index (χ3v) is 3.17. The molecule has 0 bridgehead atoms. The van der Waals surface area contributed by atoms with Gasteiger partial charge in [0.2, 0.25) is 0 Å². The lowest BCUT2D eigenvalue weighted by Gasteiger charge is -2.19. The van der Waals surface area contributed by atoms with E-state index in [1.807, 2.05) is 20.8 Å². The second-order valence-electron chi connectivity index (χ2n) is 5.17. The van der Waals surface area contributed by atoms with Crippen molar-refractivity contribution in [3.63, 3.8) is 0 Å². The van der Waals surface area contributed by atoms with Crippen LogP contribution < -0.4 is 5.32 Å². The minimum Gasteiger partial charge on any atom is -0.444 e. The summed E-state index contributed by atoms with van der Waals surface area (Å²) in [6.07, 6.45) is 1.41. The number of ether oxygens (including phenoxy) is 1. The molecule has 0 fully saturated rings. The monoisotopic (exact) mass is 256 g/mol. The zero-order chi connectivity index (χ0) is 13.1. The van der Waals surface area contributed by atoms with Gasteiger partial charge in [-0.25, -0.2) is 9.78 Å². The molecule has 1 heterocycles. The molecule has 0 aliphatic heterocycles. The Bertz CT molecular complexity index is 380. The Labute approximate surface area is 106 Å². The lowest BCUT2D eigenvalue weighted by Crippen LogP contribution is -2.31. The van der Waals surface area contributed by atoms with Gasteiger partial charge in [-0.05, 0) is 20.8 Å². The topological polar surface area (TPSA) is 51.2 Å². The Kier molecular flexibility index (Phi) is 4.51. The van der Waals surface area contributed by atoms with E-state index in [1.54, 1.807) is 17.5 Å². The average Bonchev–Trinajstić information content (AvgIpc) is 2.60. The number of hydrogen-bond donors (Lipinski definition) is 1. The van der Waals surface area contributed by atoms with Crippen LogP contribution in [0, 0.1) is 0 Å². The molecule has 0 aliphatic carbocycles. The predicted octanol–water partition coefficient (Wildman–Crippen LogP) is 3.29. The molecule has 0 aromatic carbocycles. The minimum absolute atomic E-state index is 0.392. The van der Waals surface area contributed by atoms with E-state index in [0.717, 1.165) is 9.88 Å². The number of aromatic nitrogens is 1. The van der Waals surface area contributed by atoms with Gasteiger partial charge in [0.05, 0.1) is 11.6 Å². The molecule has 17 heavy (non-hydrogen) atoms. The van der Waals surface area contributed by atoms with Crippen molar-refractivity contribution >= 4 is 17.4 Å². The molecule has 1 rings (SSSR count). The molecule has 1 N–H and O–H groups in total. The molecule has 0 saturated carbocycles. The summed E-state index contributed by atoms with van der Waals surface area (Å²) in [7, 11) is 0. The number of carbonyl (C=O) groups excluding carboxylic acids is 1. The molecule has 5 heteroatoms. The van der Waals surface area contributed by atoms with E-state index < -0.39 is 11.7 Å². The first kappa shape index (κ1) is 14.0. The number of amides is 1. The third-order valence-electron chi connectivity index (χ3n) is 1.87. The SMILES string of the molecule is CC(C)c1ncc(CNC(=O)OC(C)(C)C)s1. The van der Waals surface area contributed by atoms with E-state index in [4.69, 9.17) is 4.74 Å². The molecule has 0 spiro atoms. The van der Waals surface area contributed by atoms with Crippen LogP contribution in [-0.4, -0.2) is 16.7 Å². The molecule has 0 radical (unpaired) electrons. The molecule has 1 aromatic rings. The van der Waals surface area contributed by atoms with Crippen molar-refractivity contribution in [1.29, 1.82) is 0 Å². The van der Waals surface area contributed by atoms with Gasteiger partial charge in [0.15, 0.2) is 0 Å². The highest BCUT2D eigenvalue weighted by Crippen LogP contribution is 2.20. The highest BCUT2D eigenvalue weighted by molar-refractivity contribution is 7.11. The minimum atomic E-state index is -0.457. The number of thiazole rings is 1. The lowest BCUT2D eigenvalue weighted by molar-refractivity contribution is 0.0524. The standard InChI is InChI=1S/C12H20N2O2S/c1-8(2)10-13-6-9(17-10)7-14-11(15)16-12(3,4)5/h6,8H,7H2,1-5H3,(H,14,15). The van der Waals surface area contributed by atoms with Gasteiger partial charge in [-0.2, -0.15) is 0 Å². The third kappa shape index (κ3) is 5.17. The molecule has 4 nitrogen and oxygen atoms in total. The number of carbonyl (C=O) groups is 1. The van der Waals surface area contributed by atoms with Crippen LogP contribution in [-0.2, 0) is 11.3 Å². The molecule has 0 unspecified atom stereocenters. The first-order valence-electron chi connectivity index (χ1n) is 5.69. The van der Waals surface area contributed by atoms with E-state index in [2.05, 4.69) is 24.1 Å². The van der Waals surface area contributed by atoms with Crippen LogP contribution in [0.1, 0.15) is 50.4 Å². The van der Waals surface area contributed by atoms with Gasteiger partial charge < -0.3 is 10.1 Å². The number of nitrogens with one attached hydrogen (secondary N) is 1. The van der Waals surface area contributed by atoms with Crippen molar-refractivity contribution in [2.45, 2.75) is 52.7 Å². The highest BCUT2D eigenvalue weighted by atomic mass is 32.1. The maximum atomic E-state index is 11.4. The van der Waals surface area contributed by atoms with Crippen LogP contribution in [0.2, 0.25) is 0 Å². The molecule has 0 aliphatic rings. The van der Waals surface area contributed by atoms with Gasteiger partial charge in [0, 0.05) is 17.0 Å². The summed E-state index contributed by atoms with van der Waals surface area (Å²) < 4.78 is 5.15. The Morgan fingerprint density at radius 3 is 2.65 bits per heavy atom. The summed E-state index contributed by atoms with van der Waals surface area (Å²) >= 11 is 1.62. The van der Waals surface area contributed by atoms with Crippen LogP contribution >= 0.6 is 11.3 Å². The van der Waals surface area contributed by atoms with E-state index in [9.17, 15) is 4.79 Å². The zero-order valence-electron chi connectivity index (χ0n) is 11.0. The smallest absolute Gasteiger partial charge is 0.407 e. The average molecular weight is 256 g/mol. The molecule has 1 aromatic heterocycles. The van der Waals surface area contributed by atoms with E-state index in [-0.39, 0.29) is 0 Å².